The first-order valence-electron chi connectivity index (χ1n) is 5.09. The number of fused-ring (bicyclic) bond motifs is 1. The summed E-state index contributed by atoms with van der Waals surface area (Å²) in [6.45, 7) is 0. The van der Waals surface area contributed by atoms with Gasteiger partial charge in [0.25, 0.3) is 5.91 Å². The molecule has 3 aromatic rings. The van der Waals surface area contributed by atoms with Crippen molar-refractivity contribution in [2.24, 2.45) is 0 Å². The van der Waals surface area contributed by atoms with Crippen molar-refractivity contribution in [3.63, 3.8) is 0 Å². The molecule has 0 fully saturated rings. The number of H-pyrrole nitrogens is 1. The highest BCUT2D eigenvalue weighted by Crippen LogP contribution is 2.17. The van der Waals surface area contributed by atoms with Crippen LogP contribution in [0.3, 0.4) is 0 Å². The van der Waals surface area contributed by atoms with Gasteiger partial charge < -0.3 is 10.3 Å². The fourth-order valence-corrected chi connectivity index (χ4v) is 2.25. The van der Waals surface area contributed by atoms with Crippen molar-refractivity contribution >= 4 is 34.0 Å². The highest BCUT2D eigenvalue weighted by Gasteiger charge is 2.06. The van der Waals surface area contributed by atoms with Crippen LogP contribution in [0, 0.1) is 0 Å². The summed E-state index contributed by atoms with van der Waals surface area (Å²) in [5.74, 6) is -0.0925. The van der Waals surface area contributed by atoms with Gasteiger partial charge in [-0.1, -0.05) is 0 Å². The van der Waals surface area contributed by atoms with E-state index in [1.54, 1.807) is 12.4 Å². The van der Waals surface area contributed by atoms with Crippen LogP contribution in [-0.4, -0.2) is 15.9 Å². The molecule has 2 heterocycles. The molecular weight excluding hydrogens is 234 g/mol. The maximum atomic E-state index is 11.8. The Morgan fingerprint density at radius 2 is 2.29 bits per heavy atom. The van der Waals surface area contributed by atoms with E-state index in [1.165, 1.54) is 11.3 Å². The van der Waals surface area contributed by atoms with Crippen molar-refractivity contribution in [1.82, 2.24) is 9.97 Å². The molecule has 0 aliphatic rings. The predicted octanol–water partition coefficient (Wildman–Crippen LogP) is 2.88. The van der Waals surface area contributed by atoms with E-state index in [0.29, 0.717) is 5.56 Å². The Kier molecular flexibility index (Phi) is 2.38. The minimum atomic E-state index is -0.0925. The van der Waals surface area contributed by atoms with Gasteiger partial charge in [0, 0.05) is 11.1 Å². The normalized spacial score (nSPS) is 10.6. The average Bonchev–Trinajstić information content (AvgIpc) is 2.99. The van der Waals surface area contributed by atoms with Crippen LogP contribution in [0.1, 0.15) is 10.4 Å². The molecule has 0 unspecified atom stereocenters. The molecule has 0 aliphatic heterocycles. The van der Waals surface area contributed by atoms with E-state index in [-0.39, 0.29) is 5.91 Å². The number of carbonyl (C=O) groups is 1. The molecule has 0 bridgehead atoms. The third-order valence-corrected chi connectivity index (χ3v) is 3.14. The summed E-state index contributed by atoms with van der Waals surface area (Å²) in [5.41, 5.74) is 3.24. The second-order valence-corrected chi connectivity index (χ2v) is 4.38. The van der Waals surface area contributed by atoms with Crippen LogP contribution in [0.5, 0.6) is 0 Å². The minimum absolute atomic E-state index is 0.0925. The zero-order valence-electron chi connectivity index (χ0n) is 8.81. The highest BCUT2D eigenvalue weighted by molar-refractivity contribution is 7.08. The van der Waals surface area contributed by atoms with E-state index >= 15 is 0 Å². The van der Waals surface area contributed by atoms with Gasteiger partial charge in [0.1, 0.15) is 0 Å². The number of aromatic nitrogens is 2. The van der Waals surface area contributed by atoms with Gasteiger partial charge in [0.05, 0.1) is 22.9 Å². The van der Waals surface area contributed by atoms with Crippen LogP contribution in [0.2, 0.25) is 0 Å². The van der Waals surface area contributed by atoms with Crippen molar-refractivity contribution in [2.45, 2.75) is 0 Å². The van der Waals surface area contributed by atoms with Crippen LogP contribution in [0.15, 0.2) is 41.4 Å². The van der Waals surface area contributed by atoms with Gasteiger partial charge >= 0.3 is 0 Å². The third kappa shape index (κ3) is 1.92. The van der Waals surface area contributed by atoms with Crippen molar-refractivity contribution in [2.75, 3.05) is 5.32 Å². The second-order valence-electron chi connectivity index (χ2n) is 3.60. The Morgan fingerprint density at radius 1 is 1.35 bits per heavy atom. The van der Waals surface area contributed by atoms with Crippen LogP contribution in [-0.2, 0) is 0 Å². The lowest BCUT2D eigenvalue weighted by Crippen LogP contribution is -2.10. The Labute approximate surface area is 101 Å². The summed E-state index contributed by atoms with van der Waals surface area (Å²) < 4.78 is 0. The van der Waals surface area contributed by atoms with Crippen molar-refractivity contribution in [1.29, 1.82) is 0 Å². The maximum absolute atomic E-state index is 11.8. The number of rotatable bonds is 2. The van der Waals surface area contributed by atoms with Crippen molar-refractivity contribution < 1.29 is 4.79 Å². The van der Waals surface area contributed by atoms with E-state index in [9.17, 15) is 4.79 Å². The van der Waals surface area contributed by atoms with Crippen LogP contribution < -0.4 is 5.32 Å². The summed E-state index contributed by atoms with van der Waals surface area (Å²) >= 11 is 1.51. The topological polar surface area (TPSA) is 57.8 Å². The Morgan fingerprint density at radius 3 is 3.12 bits per heavy atom. The lowest BCUT2D eigenvalue weighted by atomic mass is 10.2. The van der Waals surface area contributed by atoms with E-state index in [2.05, 4.69) is 15.3 Å². The molecule has 1 amide bonds. The minimum Gasteiger partial charge on any atom is -0.345 e. The number of anilines is 1. The third-order valence-electron chi connectivity index (χ3n) is 2.46. The van der Waals surface area contributed by atoms with Gasteiger partial charge in [-0.05, 0) is 29.6 Å². The fourth-order valence-electron chi connectivity index (χ4n) is 1.61. The predicted molar refractivity (Wildman–Crippen MR) is 68.4 cm³/mol. The number of nitrogens with zero attached hydrogens (tertiary/aromatic N) is 1. The summed E-state index contributed by atoms with van der Waals surface area (Å²) in [4.78, 5) is 18.9. The number of hydrogen-bond donors (Lipinski definition) is 2. The number of imidazole rings is 1. The van der Waals surface area contributed by atoms with E-state index in [1.807, 2.05) is 29.0 Å². The monoisotopic (exact) mass is 243 g/mol. The average molecular weight is 243 g/mol. The molecule has 5 heteroatoms. The number of carbonyl (C=O) groups excluding carboxylic acids is 1. The summed E-state index contributed by atoms with van der Waals surface area (Å²) in [6.07, 6.45) is 1.63. The van der Waals surface area contributed by atoms with Gasteiger partial charge in [0.2, 0.25) is 0 Å². The molecule has 3 rings (SSSR count). The van der Waals surface area contributed by atoms with Gasteiger partial charge in [-0.15, -0.1) is 0 Å². The molecule has 1 aromatic carbocycles. The van der Waals surface area contributed by atoms with Gasteiger partial charge in [-0.2, -0.15) is 11.3 Å². The first kappa shape index (κ1) is 10.0. The Bertz CT molecular complexity index is 657. The summed E-state index contributed by atoms with van der Waals surface area (Å²) in [7, 11) is 0. The highest BCUT2D eigenvalue weighted by atomic mass is 32.1. The first-order chi connectivity index (χ1) is 8.33. The lowest BCUT2D eigenvalue weighted by molar-refractivity contribution is 0.102. The summed E-state index contributed by atoms with van der Waals surface area (Å²) in [5, 5.41) is 6.55. The number of aromatic amines is 1. The first-order valence-corrected chi connectivity index (χ1v) is 6.04. The molecule has 84 valence electrons. The van der Waals surface area contributed by atoms with Gasteiger partial charge in [-0.25, -0.2) is 4.98 Å². The summed E-state index contributed by atoms with van der Waals surface area (Å²) in [6, 6.07) is 7.38. The molecule has 0 aliphatic carbocycles. The van der Waals surface area contributed by atoms with Crippen molar-refractivity contribution in [3.05, 3.63) is 46.9 Å². The second kappa shape index (κ2) is 4.03. The molecule has 0 atom stereocenters. The molecular formula is C12H9N3OS. The number of thiophene rings is 1. The van der Waals surface area contributed by atoms with Crippen LogP contribution in [0.25, 0.3) is 11.0 Å². The molecule has 4 nitrogen and oxygen atoms in total. The van der Waals surface area contributed by atoms with Crippen LogP contribution in [0.4, 0.5) is 5.69 Å². The van der Waals surface area contributed by atoms with E-state index < -0.39 is 0 Å². The fraction of sp³-hybridized carbons (Fsp3) is 0. The molecule has 2 aromatic heterocycles. The zero-order chi connectivity index (χ0) is 11.7. The number of nitrogens with one attached hydrogen (secondary N) is 2. The quantitative estimate of drug-likeness (QED) is 0.727. The standard InChI is InChI=1S/C12H9N3OS/c16-12(8-3-4-17-6-8)15-9-1-2-10-11(5-9)14-7-13-10/h1-7H,(H,13,14)(H,15,16). The van der Waals surface area contributed by atoms with Crippen LogP contribution >= 0.6 is 11.3 Å². The number of hydrogen-bond acceptors (Lipinski definition) is 3. The SMILES string of the molecule is O=C(Nc1ccc2nc[nH]c2c1)c1ccsc1. The van der Waals surface area contributed by atoms with E-state index in [0.717, 1.165) is 16.7 Å². The maximum Gasteiger partial charge on any atom is 0.256 e. The van der Waals surface area contributed by atoms with E-state index in [4.69, 9.17) is 0 Å². The Hall–Kier alpha value is -2.14. The molecule has 0 saturated heterocycles. The lowest BCUT2D eigenvalue weighted by Gasteiger charge is -2.03. The largest absolute Gasteiger partial charge is 0.345 e. The Balaban J connectivity index is 1.87. The van der Waals surface area contributed by atoms with Crippen molar-refractivity contribution in [3.8, 4) is 0 Å². The number of amides is 1. The number of benzene rings is 1. The molecule has 0 radical (unpaired) electrons. The van der Waals surface area contributed by atoms with Gasteiger partial charge in [-0.3, -0.25) is 4.79 Å². The molecule has 17 heavy (non-hydrogen) atoms. The zero-order valence-corrected chi connectivity index (χ0v) is 9.62. The molecule has 0 saturated carbocycles. The molecule has 0 spiro atoms. The smallest absolute Gasteiger partial charge is 0.256 e. The van der Waals surface area contributed by atoms with Gasteiger partial charge in [0.15, 0.2) is 0 Å². The molecule has 2 N–H and O–H groups in total.